The monoisotopic (exact) mass is 261 g/mol. The first-order valence-corrected chi connectivity index (χ1v) is 6.73. The summed E-state index contributed by atoms with van der Waals surface area (Å²) >= 11 is 0. The molecule has 1 atom stereocenters. The smallest absolute Gasteiger partial charge is 0.328 e. The molecular weight excluding hydrogens is 238 g/mol. The van der Waals surface area contributed by atoms with Gasteiger partial charge in [0.2, 0.25) is 0 Å². The SMILES string of the molecule is CCCC(C)N(C)Cc1ccccc1C=CC(=O)O. The molecule has 0 heterocycles. The third-order valence-electron chi connectivity index (χ3n) is 3.34. The number of aliphatic carboxylic acids is 1. The molecule has 0 aliphatic heterocycles. The van der Waals surface area contributed by atoms with Crippen LogP contribution in [0.15, 0.2) is 30.3 Å². The van der Waals surface area contributed by atoms with Crippen LogP contribution in [0.2, 0.25) is 0 Å². The van der Waals surface area contributed by atoms with Crippen LogP contribution in [0.4, 0.5) is 0 Å². The van der Waals surface area contributed by atoms with E-state index >= 15 is 0 Å². The van der Waals surface area contributed by atoms with Crippen molar-refractivity contribution in [2.45, 2.75) is 39.3 Å². The Balaban J connectivity index is 2.80. The Morgan fingerprint density at radius 1 is 1.42 bits per heavy atom. The average Bonchev–Trinajstić information content (AvgIpc) is 2.37. The van der Waals surface area contributed by atoms with Gasteiger partial charge in [0.1, 0.15) is 0 Å². The zero-order valence-corrected chi connectivity index (χ0v) is 12.0. The molecule has 0 spiro atoms. The van der Waals surface area contributed by atoms with Gasteiger partial charge in [-0.2, -0.15) is 0 Å². The molecule has 3 nitrogen and oxygen atoms in total. The van der Waals surface area contributed by atoms with E-state index in [9.17, 15) is 4.79 Å². The van der Waals surface area contributed by atoms with Crippen molar-refractivity contribution in [2.75, 3.05) is 7.05 Å². The van der Waals surface area contributed by atoms with E-state index in [4.69, 9.17) is 5.11 Å². The van der Waals surface area contributed by atoms with Crippen molar-refractivity contribution in [3.05, 3.63) is 41.5 Å². The van der Waals surface area contributed by atoms with Crippen LogP contribution in [0.1, 0.15) is 37.8 Å². The average molecular weight is 261 g/mol. The van der Waals surface area contributed by atoms with Crippen molar-refractivity contribution in [3.63, 3.8) is 0 Å². The molecule has 0 aliphatic carbocycles. The first kappa shape index (κ1) is 15.4. The summed E-state index contributed by atoms with van der Waals surface area (Å²) in [5, 5.41) is 8.71. The van der Waals surface area contributed by atoms with Crippen LogP contribution >= 0.6 is 0 Å². The molecule has 1 aromatic rings. The summed E-state index contributed by atoms with van der Waals surface area (Å²) in [5.41, 5.74) is 2.13. The molecule has 104 valence electrons. The molecule has 0 aromatic heterocycles. The van der Waals surface area contributed by atoms with E-state index in [-0.39, 0.29) is 0 Å². The minimum absolute atomic E-state index is 0.529. The van der Waals surface area contributed by atoms with Crippen LogP contribution in [0, 0.1) is 0 Å². The molecule has 0 radical (unpaired) electrons. The number of carbonyl (C=O) groups is 1. The summed E-state index contributed by atoms with van der Waals surface area (Å²) in [7, 11) is 2.11. The van der Waals surface area contributed by atoms with Gasteiger partial charge >= 0.3 is 5.97 Å². The molecule has 0 bridgehead atoms. The number of hydrogen-bond acceptors (Lipinski definition) is 2. The van der Waals surface area contributed by atoms with Crippen molar-refractivity contribution in [1.82, 2.24) is 4.90 Å². The maximum Gasteiger partial charge on any atom is 0.328 e. The van der Waals surface area contributed by atoms with E-state index in [1.165, 1.54) is 18.9 Å². The van der Waals surface area contributed by atoms with Gasteiger partial charge in [-0.25, -0.2) is 4.79 Å². The number of nitrogens with zero attached hydrogens (tertiary/aromatic N) is 1. The van der Waals surface area contributed by atoms with Gasteiger partial charge in [-0.3, -0.25) is 4.90 Å². The highest BCUT2D eigenvalue weighted by Gasteiger charge is 2.10. The van der Waals surface area contributed by atoms with Crippen molar-refractivity contribution in [1.29, 1.82) is 0 Å². The van der Waals surface area contributed by atoms with Crippen LogP contribution in [-0.2, 0) is 11.3 Å². The van der Waals surface area contributed by atoms with Gasteiger partial charge in [-0.1, -0.05) is 37.6 Å². The first-order chi connectivity index (χ1) is 9.04. The fourth-order valence-electron chi connectivity index (χ4n) is 2.06. The third-order valence-corrected chi connectivity index (χ3v) is 3.34. The van der Waals surface area contributed by atoms with E-state index in [1.807, 2.05) is 18.2 Å². The van der Waals surface area contributed by atoms with Gasteiger partial charge in [0.05, 0.1) is 0 Å². The van der Waals surface area contributed by atoms with Gasteiger partial charge < -0.3 is 5.11 Å². The Morgan fingerprint density at radius 3 is 2.74 bits per heavy atom. The van der Waals surface area contributed by atoms with Gasteiger partial charge in [0.15, 0.2) is 0 Å². The molecule has 1 rings (SSSR count). The third kappa shape index (κ3) is 5.26. The fourth-order valence-corrected chi connectivity index (χ4v) is 2.06. The zero-order chi connectivity index (χ0) is 14.3. The molecule has 19 heavy (non-hydrogen) atoms. The molecule has 1 N–H and O–H groups in total. The van der Waals surface area contributed by atoms with Crippen molar-refractivity contribution in [2.24, 2.45) is 0 Å². The highest BCUT2D eigenvalue weighted by molar-refractivity contribution is 5.85. The van der Waals surface area contributed by atoms with Crippen LogP contribution in [0.3, 0.4) is 0 Å². The highest BCUT2D eigenvalue weighted by atomic mass is 16.4. The normalized spacial score (nSPS) is 13.1. The second kappa shape index (κ2) is 7.74. The number of hydrogen-bond donors (Lipinski definition) is 1. The summed E-state index contributed by atoms with van der Waals surface area (Å²) < 4.78 is 0. The quantitative estimate of drug-likeness (QED) is 0.765. The minimum Gasteiger partial charge on any atom is -0.478 e. The van der Waals surface area contributed by atoms with E-state index in [0.717, 1.165) is 17.7 Å². The van der Waals surface area contributed by atoms with Gasteiger partial charge in [-0.05, 0) is 37.6 Å². The summed E-state index contributed by atoms with van der Waals surface area (Å²) in [6.45, 7) is 5.24. The standard InChI is InChI=1S/C16H23NO2/c1-4-7-13(2)17(3)12-15-9-6-5-8-14(15)10-11-16(18)19/h5-6,8-11,13H,4,7,12H2,1-3H3,(H,18,19). The number of rotatable bonds is 7. The van der Waals surface area contributed by atoms with Crippen LogP contribution in [-0.4, -0.2) is 29.1 Å². The lowest BCUT2D eigenvalue weighted by atomic mass is 10.1. The minimum atomic E-state index is -0.914. The zero-order valence-electron chi connectivity index (χ0n) is 12.0. The lowest BCUT2D eigenvalue weighted by molar-refractivity contribution is -0.131. The predicted octanol–water partition coefficient (Wildman–Crippen LogP) is 3.40. The molecule has 0 amide bonds. The Bertz CT molecular complexity index is 440. The molecule has 3 heteroatoms. The van der Waals surface area contributed by atoms with E-state index in [1.54, 1.807) is 6.08 Å². The molecule has 0 fully saturated rings. The Labute approximate surface area is 115 Å². The highest BCUT2D eigenvalue weighted by Crippen LogP contribution is 2.15. The predicted molar refractivity (Wildman–Crippen MR) is 78.9 cm³/mol. The first-order valence-electron chi connectivity index (χ1n) is 6.73. The molecule has 1 unspecified atom stereocenters. The maximum absolute atomic E-state index is 10.6. The summed E-state index contributed by atoms with van der Waals surface area (Å²) in [6.07, 6.45) is 5.19. The van der Waals surface area contributed by atoms with Crippen molar-refractivity contribution >= 4 is 12.0 Å². The summed E-state index contributed by atoms with van der Waals surface area (Å²) in [5.74, 6) is -0.914. The van der Waals surface area contributed by atoms with E-state index < -0.39 is 5.97 Å². The topological polar surface area (TPSA) is 40.5 Å². The van der Waals surface area contributed by atoms with Crippen LogP contribution < -0.4 is 0 Å². The molecule has 0 aliphatic rings. The van der Waals surface area contributed by atoms with Gasteiger partial charge in [-0.15, -0.1) is 0 Å². The molecular formula is C16H23NO2. The van der Waals surface area contributed by atoms with Crippen LogP contribution in [0.5, 0.6) is 0 Å². The number of carboxylic acids is 1. The molecule has 0 saturated carbocycles. The van der Waals surface area contributed by atoms with Gasteiger partial charge in [0.25, 0.3) is 0 Å². The van der Waals surface area contributed by atoms with Crippen LogP contribution in [0.25, 0.3) is 6.08 Å². The summed E-state index contributed by atoms with van der Waals surface area (Å²) in [6, 6.07) is 8.46. The Kier molecular flexibility index (Phi) is 6.30. The van der Waals surface area contributed by atoms with E-state index in [0.29, 0.717) is 6.04 Å². The van der Waals surface area contributed by atoms with Gasteiger partial charge in [0, 0.05) is 18.7 Å². The fraction of sp³-hybridized carbons (Fsp3) is 0.438. The molecule has 1 aromatic carbocycles. The Morgan fingerprint density at radius 2 is 2.11 bits per heavy atom. The maximum atomic E-state index is 10.6. The number of benzene rings is 1. The number of carboxylic acid groups (broad SMARTS) is 1. The second-order valence-corrected chi connectivity index (χ2v) is 4.92. The van der Waals surface area contributed by atoms with E-state index in [2.05, 4.69) is 31.9 Å². The van der Waals surface area contributed by atoms with Crippen molar-refractivity contribution in [3.8, 4) is 0 Å². The molecule has 0 saturated heterocycles. The Hall–Kier alpha value is -1.61. The largest absolute Gasteiger partial charge is 0.478 e. The van der Waals surface area contributed by atoms with Crippen molar-refractivity contribution < 1.29 is 9.90 Å². The lowest BCUT2D eigenvalue weighted by Gasteiger charge is -2.25. The summed E-state index contributed by atoms with van der Waals surface area (Å²) in [4.78, 5) is 12.9. The lowest BCUT2D eigenvalue weighted by Crippen LogP contribution is -2.28. The second-order valence-electron chi connectivity index (χ2n) is 4.92.